The molecule has 116 valence electrons. The Balaban J connectivity index is 1.96. The van der Waals surface area contributed by atoms with Gasteiger partial charge >= 0.3 is 0 Å². The average Bonchev–Trinajstić information content (AvgIpc) is 2.53. The molecule has 0 saturated heterocycles. The lowest BCUT2D eigenvalue weighted by Crippen LogP contribution is -2.38. The summed E-state index contributed by atoms with van der Waals surface area (Å²) in [6.07, 6.45) is 1.88. The Morgan fingerprint density at radius 2 is 1.73 bits per heavy atom. The predicted octanol–water partition coefficient (Wildman–Crippen LogP) is 4.26. The number of ether oxygens (including phenoxy) is 1. The zero-order chi connectivity index (χ0) is 15.6. The van der Waals surface area contributed by atoms with Gasteiger partial charge in [0.2, 0.25) is 0 Å². The highest BCUT2D eigenvalue weighted by atomic mass is 35.5. The van der Waals surface area contributed by atoms with Gasteiger partial charge in [-0.15, -0.1) is 0 Å². The SMILES string of the molecule is CN(C)CCC1(c2ccc(Cl)cc2)Cc2ccccc2CO1. The van der Waals surface area contributed by atoms with E-state index < -0.39 is 0 Å². The molecule has 1 aliphatic rings. The number of fused-ring (bicyclic) bond motifs is 1. The number of rotatable bonds is 4. The van der Waals surface area contributed by atoms with Crippen LogP contribution in [0.3, 0.4) is 0 Å². The van der Waals surface area contributed by atoms with E-state index in [0.29, 0.717) is 6.61 Å². The van der Waals surface area contributed by atoms with Crippen LogP contribution in [0.15, 0.2) is 48.5 Å². The summed E-state index contributed by atoms with van der Waals surface area (Å²) in [5, 5.41) is 0.766. The van der Waals surface area contributed by atoms with Crippen LogP contribution in [0.5, 0.6) is 0 Å². The van der Waals surface area contributed by atoms with Crippen LogP contribution in [0.25, 0.3) is 0 Å². The van der Waals surface area contributed by atoms with Crippen LogP contribution in [0, 0.1) is 0 Å². The maximum atomic E-state index is 6.40. The Hall–Kier alpha value is -1.35. The van der Waals surface area contributed by atoms with E-state index in [2.05, 4.69) is 55.4 Å². The maximum Gasteiger partial charge on any atom is 0.0988 e. The third-order valence-electron chi connectivity index (χ3n) is 4.43. The average molecular weight is 316 g/mol. The largest absolute Gasteiger partial charge is 0.365 e. The molecule has 1 unspecified atom stereocenters. The molecule has 3 heteroatoms. The Morgan fingerprint density at radius 3 is 2.41 bits per heavy atom. The van der Waals surface area contributed by atoms with Crippen molar-refractivity contribution in [3.63, 3.8) is 0 Å². The summed E-state index contributed by atoms with van der Waals surface area (Å²) in [7, 11) is 4.21. The number of hydrogen-bond donors (Lipinski definition) is 0. The first-order chi connectivity index (χ1) is 10.6. The maximum absolute atomic E-state index is 6.40. The van der Waals surface area contributed by atoms with Crippen LogP contribution < -0.4 is 0 Å². The van der Waals surface area contributed by atoms with Crippen molar-refractivity contribution in [2.24, 2.45) is 0 Å². The van der Waals surface area contributed by atoms with Gasteiger partial charge in [-0.25, -0.2) is 0 Å². The minimum atomic E-state index is -0.261. The predicted molar refractivity (Wildman–Crippen MR) is 91.2 cm³/mol. The van der Waals surface area contributed by atoms with Crippen molar-refractivity contribution in [1.29, 1.82) is 0 Å². The summed E-state index contributed by atoms with van der Waals surface area (Å²) in [6.45, 7) is 1.66. The molecule has 0 aromatic heterocycles. The summed E-state index contributed by atoms with van der Waals surface area (Å²) >= 11 is 6.06. The first-order valence-corrected chi connectivity index (χ1v) is 8.08. The van der Waals surface area contributed by atoms with Crippen molar-refractivity contribution in [3.05, 3.63) is 70.2 Å². The topological polar surface area (TPSA) is 12.5 Å². The van der Waals surface area contributed by atoms with Gasteiger partial charge in [0.15, 0.2) is 0 Å². The molecule has 0 amide bonds. The van der Waals surface area contributed by atoms with Crippen LogP contribution in [0.1, 0.15) is 23.1 Å². The summed E-state index contributed by atoms with van der Waals surface area (Å²) in [6, 6.07) is 16.7. The summed E-state index contributed by atoms with van der Waals surface area (Å²) in [5.41, 5.74) is 3.65. The van der Waals surface area contributed by atoms with Crippen molar-refractivity contribution in [1.82, 2.24) is 4.90 Å². The van der Waals surface area contributed by atoms with E-state index in [1.807, 2.05) is 12.1 Å². The number of hydrogen-bond acceptors (Lipinski definition) is 2. The molecule has 2 nitrogen and oxygen atoms in total. The third-order valence-corrected chi connectivity index (χ3v) is 4.68. The normalized spacial score (nSPS) is 20.9. The van der Waals surface area contributed by atoms with Crippen molar-refractivity contribution < 1.29 is 4.74 Å². The van der Waals surface area contributed by atoms with E-state index in [9.17, 15) is 0 Å². The van der Waals surface area contributed by atoms with E-state index >= 15 is 0 Å². The standard InChI is InChI=1S/C19H22ClNO/c1-21(2)12-11-19(17-7-9-18(20)10-8-17)13-15-5-3-4-6-16(15)14-22-19/h3-10H,11-14H2,1-2H3. The van der Waals surface area contributed by atoms with E-state index in [1.54, 1.807) is 0 Å². The van der Waals surface area contributed by atoms with Crippen molar-refractivity contribution >= 4 is 11.6 Å². The molecule has 2 aromatic carbocycles. The highest BCUT2D eigenvalue weighted by molar-refractivity contribution is 6.30. The molecular weight excluding hydrogens is 294 g/mol. The fourth-order valence-corrected chi connectivity index (χ4v) is 3.22. The van der Waals surface area contributed by atoms with Crippen LogP contribution in [0.2, 0.25) is 5.02 Å². The molecule has 0 saturated carbocycles. The molecule has 1 atom stereocenters. The zero-order valence-electron chi connectivity index (χ0n) is 13.2. The molecule has 0 N–H and O–H groups in total. The van der Waals surface area contributed by atoms with Gasteiger partial charge in [-0.2, -0.15) is 0 Å². The zero-order valence-corrected chi connectivity index (χ0v) is 13.9. The lowest BCUT2D eigenvalue weighted by molar-refractivity contribution is -0.0818. The van der Waals surface area contributed by atoms with Crippen LogP contribution in [0.4, 0.5) is 0 Å². The van der Waals surface area contributed by atoms with Gasteiger partial charge in [0, 0.05) is 18.0 Å². The molecule has 2 aromatic rings. The van der Waals surface area contributed by atoms with E-state index in [-0.39, 0.29) is 5.60 Å². The Kier molecular flexibility index (Phi) is 4.53. The van der Waals surface area contributed by atoms with Crippen LogP contribution in [-0.2, 0) is 23.4 Å². The number of halogens is 1. The summed E-state index contributed by atoms with van der Waals surface area (Å²) < 4.78 is 6.40. The van der Waals surface area contributed by atoms with Gasteiger partial charge in [0.25, 0.3) is 0 Å². The number of nitrogens with zero attached hydrogens (tertiary/aromatic N) is 1. The molecular formula is C19H22ClNO. The first kappa shape index (κ1) is 15.5. The van der Waals surface area contributed by atoms with Crippen LogP contribution >= 0.6 is 11.6 Å². The van der Waals surface area contributed by atoms with Gasteiger partial charge in [0.05, 0.1) is 12.2 Å². The molecule has 0 bridgehead atoms. The second-order valence-corrected chi connectivity index (χ2v) is 6.73. The highest BCUT2D eigenvalue weighted by Gasteiger charge is 2.37. The molecule has 0 fully saturated rings. The molecule has 0 radical (unpaired) electrons. The second kappa shape index (κ2) is 6.41. The smallest absolute Gasteiger partial charge is 0.0988 e. The van der Waals surface area contributed by atoms with E-state index in [1.165, 1.54) is 16.7 Å². The van der Waals surface area contributed by atoms with Gasteiger partial charge in [-0.1, -0.05) is 48.0 Å². The Morgan fingerprint density at radius 1 is 1.05 bits per heavy atom. The molecule has 0 aliphatic carbocycles. The Bertz CT molecular complexity index is 638. The van der Waals surface area contributed by atoms with Gasteiger partial charge in [-0.05, 0) is 49.3 Å². The van der Waals surface area contributed by atoms with E-state index in [0.717, 1.165) is 24.4 Å². The Labute approximate surface area is 137 Å². The molecule has 0 spiro atoms. The van der Waals surface area contributed by atoms with E-state index in [4.69, 9.17) is 16.3 Å². The molecule has 1 heterocycles. The molecule has 22 heavy (non-hydrogen) atoms. The monoisotopic (exact) mass is 315 g/mol. The van der Waals surface area contributed by atoms with Crippen molar-refractivity contribution in [3.8, 4) is 0 Å². The van der Waals surface area contributed by atoms with Crippen molar-refractivity contribution in [2.45, 2.75) is 25.0 Å². The lowest BCUT2D eigenvalue weighted by Gasteiger charge is -2.39. The first-order valence-electron chi connectivity index (χ1n) is 7.71. The summed E-state index contributed by atoms with van der Waals surface area (Å²) in [5.74, 6) is 0. The molecule has 3 rings (SSSR count). The summed E-state index contributed by atoms with van der Waals surface area (Å²) in [4.78, 5) is 2.21. The quantitative estimate of drug-likeness (QED) is 0.836. The lowest BCUT2D eigenvalue weighted by atomic mass is 9.81. The number of benzene rings is 2. The second-order valence-electron chi connectivity index (χ2n) is 6.29. The fourth-order valence-electron chi connectivity index (χ4n) is 3.09. The molecule has 1 aliphatic heterocycles. The minimum absolute atomic E-state index is 0.261. The third kappa shape index (κ3) is 3.19. The van der Waals surface area contributed by atoms with Gasteiger partial charge in [-0.3, -0.25) is 0 Å². The van der Waals surface area contributed by atoms with Gasteiger partial charge in [0.1, 0.15) is 0 Å². The van der Waals surface area contributed by atoms with Gasteiger partial charge < -0.3 is 9.64 Å². The van der Waals surface area contributed by atoms with Crippen molar-refractivity contribution in [2.75, 3.05) is 20.6 Å². The fraction of sp³-hybridized carbons (Fsp3) is 0.368. The minimum Gasteiger partial charge on any atom is -0.365 e. The van der Waals surface area contributed by atoms with Crippen LogP contribution in [-0.4, -0.2) is 25.5 Å². The highest BCUT2D eigenvalue weighted by Crippen LogP contribution is 2.39.